The van der Waals surface area contributed by atoms with Gasteiger partial charge in [-0.25, -0.2) is 4.57 Å². The molecule has 1 aromatic heterocycles. The highest BCUT2D eigenvalue weighted by Crippen LogP contribution is 2.38. The van der Waals surface area contributed by atoms with E-state index < -0.39 is 0 Å². The molecule has 0 saturated heterocycles. The number of hydrogen-bond acceptors (Lipinski definition) is 1. The van der Waals surface area contributed by atoms with Crippen molar-refractivity contribution in [1.82, 2.24) is 0 Å². The van der Waals surface area contributed by atoms with Crippen molar-refractivity contribution in [2.45, 2.75) is 91.5 Å². The predicted octanol–water partition coefficient (Wildman–Crippen LogP) is 6.52. The van der Waals surface area contributed by atoms with E-state index in [0.717, 1.165) is 44.6 Å². The average Bonchev–Trinajstić information content (AvgIpc) is 2.67. The first-order valence-corrected chi connectivity index (χ1v) is 10.9. The number of unbranched alkanes of at least 4 members (excludes halogenated alkanes) is 1. The Morgan fingerprint density at radius 3 is 2.29 bits per heavy atom. The van der Waals surface area contributed by atoms with E-state index in [-0.39, 0.29) is 10.8 Å². The molecule has 2 aromatic rings. The molecule has 2 nitrogen and oxygen atoms in total. The molecule has 1 aromatic carbocycles. The second kappa shape index (κ2) is 9.58. The summed E-state index contributed by atoms with van der Waals surface area (Å²) >= 11 is 0. The maximum absolute atomic E-state index is 6.28. The smallest absolute Gasteiger partial charge is 0.171 e. The summed E-state index contributed by atoms with van der Waals surface area (Å²) in [5.74, 6) is 1.06. The van der Waals surface area contributed by atoms with Crippen molar-refractivity contribution < 1.29 is 9.30 Å². The molecule has 0 aliphatic heterocycles. The summed E-state index contributed by atoms with van der Waals surface area (Å²) < 4.78 is 8.55. The Morgan fingerprint density at radius 1 is 0.929 bits per heavy atom. The Kier molecular flexibility index (Phi) is 7.69. The van der Waals surface area contributed by atoms with E-state index in [1.54, 1.807) is 0 Å². The Balaban J connectivity index is 2.03. The van der Waals surface area contributed by atoms with Gasteiger partial charge in [0.2, 0.25) is 0 Å². The molecule has 0 unspecified atom stereocenters. The molecule has 0 amide bonds. The molecule has 2 rings (SSSR count). The van der Waals surface area contributed by atoms with Gasteiger partial charge in [-0.15, -0.1) is 0 Å². The average molecular weight is 383 g/mol. The maximum Gasteiger partial charge on any atom is 0.171 e. The third-order valence-corrected chi connectivity index (χ3v) is 6.33. The zero-order valence-corrected chi connectivity index (χ0v) is 19.1. The summed E-state index contributed by atoms with van der Waals surface area (Å²) in [7, 11) is 0. The lowest BCUT2D eigenvalue weighted by Gasteiger charge is -2.30. The van der Waals surface area contributed by atoms with Gasteiger partial charge >= 0.3 is 0 Å². The van der Waals surface area contributed by atoms with Gasteiger partial charge in [-0.3, -0.25) is 0 Å². The normalized spacial score (nSPS) is 12.2. The van der Waals surface area contributed by atoms with Crippen LogP contribution in [0.4, 0.5) is 0 Å². The topological polar surface area (TPSA) is 13.1 Å². The number of aryl methyl sites for hydroxylation is 2. The van der Waals surface area contributed by atoms with E-state index in [1.165, 1.54) is 16.7 Å². The predicted molar refractivity (Wildman–Crippen MR) is 119 cm³/mol. The molecule has 28 heavy (non-hydrogen) atoms. The Morgan fingerprint density at radius 2 is 1.64 bits per heavy atom. The molecule has 2 heteroatoms. The fraction of sp³-hybridized carbons (Fsp3) is 0.577. The highest BCUT2D eigenvalue weighted by molar-refractivity contribution is 5.44. The highest BCUT2D eigenvalue weighted by Gasteiger charge is 2.26. The number of hydrogen-bond donors (Lipinski definition) is 0. The van der Waals surface area contributed by atoms with Crippen molar-refractivity contribution in [2.75, 3.05) is 6.61 Å². The number of pyridine rings is 1. The molecule has 0 N–H and O–H groups in total. The fourth-order valence-electron chi connectivity index (χ4n) is 3.37. The summed E-state index contributed by atoms with van der Waals surface area (Å²) in [6, 6.07) is 11.1. The molecular weight excluding hydrogens is 342 g/mol. The van der Waals surface area contributed by atoms with E-state index in [0.29, 0.717) is 0 Å². The van der Waals surface area contributed by atoms with Crippen LogP contribution in [0.3, 0.4) is 0 Å². The first-order valence-electron chi connectivity index (χ1n) is 10.9. The molecule has 0 fully saturated rings. The molecule has 0 spiro atoms. The molecule has 0 aliphatic rings. The van der Waals surface area contributed by atoms with Crippen LogP contribution in [0.1, 0.15) is 83.9 Å². The number of rotatable bonds is 10. The summed E-state index contributed by atoms with van der Waals surface area (Å²) in [5.41, 5.74) is 4.38. The van der Waals surface area contributed by atoms with Crippen LogP contribution in [-0.2, 0) is 17.4 Å². The number of aromatic nitrogens is 1. The summed E-state index contributed by atoms with van der Waals surface area (Å²) in [4.78, 5) is 0. The van der Waals surface area contributed by atoms with Gasteiger partial charge in [-0.2, -0.15) is 0 Å². The van der Waals surface area contributed by atoms with Crippen LogP contribution in [-0.4, -0.2) is 6.61 Å². The Labute approximate surface area is 173 Å². The van der Waals surface area contributed by atoms with Crippen molar-refractivity contribution in [3.05, 3.63) is 59.4 Å². The van der Waals surface area contributed by atoms with Crippen molar-refractivity contribution in [3.63, 3.8) is 0 Å². The van der Waals surface area contributed by atoms with Crippen molar-refractivity contribution in [1.29, 1.82) is 0 Å². The summed E-state index contributed by atoms with van der Waals surface area (Å²) in [5, 5.41) is 0. The van der Waals surface area contributed by atoms with Gasteiger partial charge in [0, 0.05) is 23.6 Å². The summed E-state index contributed by atoms with van der Waals surface area (Å²) in [6.45, 7) is 17.8. The molecule has 0 saturated carbocycles. The molecule has 0 atom stereocenters. The lowest BCUT2D eigenvalue weighted by molar-refractivity contribution is -0.697. The number of nitrogens with zero attached hydrogens (tertiary/aromatic N) is 1. The Bertz CT molecular complexity index is 761. The van der Waals surface area contributed by atoms with Crippen LogP contribution in [0.2, 0.25) is 0 Å². The van der Waals surface area contributed by atoms with Crippen LogP contribution in [0.5, 0.6) is 5.75 Å². The summed E-state index contributed by atoms with van der Waals surface area (Å²) in [6.07, 6.45) is 8.77. The minimum Gasteiger partial charge on any atom is -0.493 e. The van der Waals surface area contributed by atoms with Gasteiger partial charge in [0.1, 0.15) is 12.3 Å². The molecule has 154 valence electrons. The minimum atomic E-state index is 0.118. The third kappa shape index (κ3) is 5.83. The number of benzene rings is 1. The molecular formula is C26H40NO+. The zero-order valence-electron chi connectivity index (χ0n) is 19.1. The number of ether oxygens (including phenoxy) is 1. The first kappa shape index (κ1) is 22.5. The minimum absolute atomic E-state index is 0.118. The lowest BCUT2D eigenvalue weighted by atomic mass is 9.76. The van der Waals surface area contributed by atoms with E-state index in [1.807, 2.05) is 0 Å². The van der Waals surface area contributed by atoms with Crippen molar-refractivity contribution >= 4 is 0 Å². The van der Waals surface area contributed by atoms with Crippen LogP contribution >= 0.6 is 0 Å². The van der Waals surface area contributed by atoms with Crippen molar-refractivity contribution in [2.24, 2.45) is 0 Å². The van der Waals surface area contributed by atoms with E-state index in [9.17, 15) is 0 Å². The van der Waals surface area contributed by atoms with E-state index in [2.05, 4.69) is 95.8 Å². The molecule has 1 heterocycles. The maximum atomic E-state index is 6.28. The van der Waals surface area contributed by atoms with E-state index >= 15 is 0 Å². The van der Waals surface area contributed by atoms with Gasteiger partial charge in [0.05, 0.1) is 6.61 Å². The van der Waals surface area contributed by atoms with Crippen LogP contribution in [0, 0.1) is 6.92 Å². The Hall–Kier alpha value is -1.83. The molecule has 0 radical (unpaired) electrons. The SMILES string of the molecule is CCC(C)(C)c1ccc(OCCCC[n+]2cccc(C)c2)c(C(C)(C)CC)c1. The van der Waals surface area contributed by atoms with E-state index in [4.69, 9.17) is 4.74 Å². The second-order valence-electron chi connectivity index (χ2n) is 9.36. The monoisotopic (exact) mass is 382 g/mol. The van der Waals surface area contributed by atoms with Gasteiger partial charge < -0.3 is 4.74 Å². The molecule has 0 bridgehead atoms. The standard InChI is InChI=1S/C26H40NO/c1-8-25(4,5)22-14-15-24(23(19-22)26(6,7)9-2)28-18-11-10-16-27-17-12-13-21(3)20-27/h12-15,17,19-20H,8-11,16,18H2,1-7H3/q+1. The first-order chi connectivity index (χ1) is 13.2. The third-order valence-electron chi connectivity index (χ3n) is 6.33. The highest BCUT2D eigenvalue weighted by atomic mass is 16.5. The van der Waals surface area contributed by atoms with Gasteiger partial charge in [0.15, 0.2) is 12.4 Å². The second-order valence-corrected chi connectivity index (χ2v) is 9.36. The quantitative estimate of drug-likeness (QED) is 0.337. The van der Waals surface area contributed by atoms with Crippen LogP contribution in [0.15, 0.2) is 42.7 Å². The van der Waals surface area contributed by atoms with Gasteiger partial charge in [-0.05, 0) is 54.7 Å². The largest absolute Gasteiger partial charge is 0.493 e. The van der Waals surface area contributed by atoms with Gasteiger partial charge in [-0.1, -0.05) is 53.7 Å². The van der Waals surface area contributed by atoms with Crippen LogP contribution in [0.25, 0.3) is 0 Å². The van der Waals surface area contributed by atoms with Gasteiger partial charge in [0.25, 0.3) is 0 Å². The lowest BCUT2D eigenvalue weighted by Crippen LogP contribution is -2.33. The van der Waals surface area contributed by atoms with Crippen molar-refractivity contribution in [3.8, 4) is 5.75 Å². The van der Waals surface area contributed by atoms with Crippen LogP contribution < -0.4 is 9.30 Å². The molecule has 0 aliphatic carbocycles. The zero-order chi connectivity index (χ0) is 20.8. The fourth-order valence-corrected chi connectivity index (χ4v) is 3.37.